The van der Waals surface area contributed by atoms with Crippen LogP contribution in [0.2, 0.25) is 0 Å². The molecular weight excluding hydrogens is 372 g/mol. The third-order valence-corrected chi connectivity index (χ3v) is 5.39. The topological polar surface area (TPSA) is 61.7 Å². The fourth-order valence-electron chi connectivity index (χ4n) is 3.77. The first kappa shape index (κ1) is 19.4. The normalized spacial score (nSPS) is 17.1. The molecule has 1 fully saturated rings. The van der Waals surface area contributed by atoms with Gasteiger partial charge < -0.3 is 28.7 Å². The van der Waals surface area contributed by atoms with Crippen molar-refractivity contribution in [3.05, 3.63) is 48.0 Å². The van der Waals surface area contributed by atoms with Crippen molar-refractivity contribution in [3.63, 3.8) is 0 Å². The van der Waals surface area contributed by atoms with Gasteiger partial charge in [-0.05, 0) is 37.3 Å². The number of carbonyl (C=O) groups excluding carboxylic acids is 1. The Morgan fingerprint density at radius 3 is 2.59 bits per heavy atom. The monoisotopic (exact) mass is 399 g/mol. The summed E-state index contributed by atoms with van der Waals surface area (Å²) < 4.78 is 22.0. The van der Waals surface area contributed by atoms with E-state index in [4.69, 9.17) is 18.9 Å². The minimum atomic E-state index is -0.554. The van der Waals surface area contributed by atoms with E-state index < -0.39 is 6.10 Å². The molecular formula is C22H27N2O5+. The van der Waals surface area contributed by atoms with E-state index in [1.165, 1.54) is 10.5 Å². The summed E-state index contributed by atoms with van der Waals surface area (Å²) in [6, 6.07) is 13.5. The van der Waals surface area contributed by atoms with Crippen molar-refractivity contribution in [2.75, 3.05) is 40.1 Å². The van der Waals surface area contributed by atoms with E-state index in [0.29, 0.717) is 18.3 Å². The number of hydrogen-bond acceptors (Lipinski definition) is 5. The van der Waals surface area contributed by atoms with Gasteiger partial charge in [-0.15, -0.1) is 0 Å². The minimum absolute atomic E-state index is 0.0121. The number of nitrogens with zero attached hydrogens (tertiary/aromatic N) is 1. The molecule has 1 saturated heterocycles. The molecule has 2 aromatic carbocycles. The number of rotatable bonds is 6. The summed E-state index contributed by atoms with van der Waals surface area (Å²) in [4.78, 5) is 16.2. The lowest BCUT2D eigenvalue weighted by atomic mass is 10.1. The van der Waals surface area contributed by atoms with Crippen molar-refractivity contribution in [1.82, 2.24) is 4.90 Å². The zero-order valence-electron chi connectivity index (χ0n) is 16.8. The van der Waals surface area contributed by atoms with Crippen LogP contribution in [0.1, 0.15) is 12.5 Å². The quantitative estimate of drug-likeness (QED) is 0.789. The average Bonchev–Trinajstić information content (AvgIpc) is 3.22. The minimum Gasteiger partial charge on any atom is -0.493 e. The van der Waals surface area contributed by atoms with E-state index in [2.05, 4.69) is 12.1 Å². The third kappa shape index (κ3) is 4.40. The van der Waals surface area contributed by atoms with E-state index in [-0.39, 0.29) is 5.91 Å². The lowest BCUT2D eigenvalue weighted by Crippen LogP contribution is -3.13. The summed E-state index contributed by atoms with van der Waals surface area (Å²) in [5.74, 6) is 2.85. The number of piperazine rings is 1. The van der Waals surface area contributed by atoms with Crippen LogP contribution in [-0.2, 0) is 11.3 Å². The number of benzene rings is 2. The van der Waals surface area contributed by atoms with Gasteiger partial charge >= 0.3 is 0 Å². The van der Waals surface area contributed by atoms with Crippen LogP contribution in [-0.4, -0.2) is 57.0 Å². The van der Waals surface area contributed by atoms with Gasteiger partial charge in [0, 0.05) is 5.56 Å². The number of carbonyl (C=O) groups is 1. The van der Waals surface area contributed by atoms with Crippen molar-refractivity contribution in [3.8, 4) is 23.0 Å². The predicted octanol–water partition coefficient (Wildman–Crippen LogP) is 1.12. The predicted molar refractivity (Wildman–Crippen MR) is 107 cm³/mol. The largest absolute Gasteiger partial charge is 0.493 e. The number of quaternary nitrogens is 1. The van der Waals surface area contributed by atoms with Crippen LogP contribution in [0.3, 0.4) is 0 Å². The van der Waals surface area contributed by atoms with Gasteiger partial charge in [0.15, 0.2) is 29.1 Å². The lowest BCUT2D eigenvalue weighted by Gasteiger charge is -2.33. The van der Waals surface area contributed by atoms with Crippen LogP contribution in [0.4, 0.5) is 0 Å². The summed E-state index contributed by atoms with van der Waals surface area (Å²) in [6.45, 7) is 6.24. The van der Waals surface area contributed by atoms with Gasteiger partial charge in [-0.2, -0.15) is 0 Å². The maximum Gasteiger partial charge on any atom is 0.263 e. The molecule has 0 unspecified atom stereocenters. The average molecular weight is 399 g/mol. The van der Waals surface area contributed by atoms with Crippen molar-refractivity contribution in [2.24, 2.45) is 0 Å². The van der Waals surface area contributed by atoms with Crippen LogP contribution >= 0.6 is 0 Å². The van der Waals surface area contributed by atoms with Crippen LogP contribution in [0.25, 0.3) is 0 Å². The standard InChI is InChI=1S/C22H26N2O5/c1-16(29-20-6-4-3-5-18(20)26-2)22(25)24-11-9-23(10-12-24)14-17-7-8-19-21(13-17)28-15-27-19/h3-8,13,16H,9-12,14-15H2,1-2H3/p+1/t16-/m1/s1. The molecule has 2 aliphatic rings. The molecule has 2 aromatic rings. The van der Waals surface area contributed by atoms with Gasteiger partial charge in [0.1, 0.15) is 6.54 Å². The number of methoxy groups -OCH3 is 1. The maximum atomic E-state index is 12.8. The molecule has 7 nitrogen and oxygen atoms in total. The van der Waals surface area contributed by atoms with Gasteiger partial charge in [0.2, 0.25) is 6.79 Å². The summed E-state index contributed by atoms with van der Waals surface area (Å²) >= 11 is 0. The number of hydrogen-bond donors (Lipinski definition) is 1. The van der Waals surface area contributed by atoms with Crippen LogP contribution in [0, 0.1) is 0 Å². The Morgan fingerprint density at radius 2 is 1.83 bits per heavy atom. The molecule has 4 rings (SSSR count). The summed E-state index contributed by atoms with van der Waals surface area (Å²) in [6.07, 6.45) is -0.554. The fourth-order valence-corrected chi connectivity index (χ4v) is 3.77. The number of amides is 1. The number of nitrogens with one attached hydrogen (secondary N) is 1. The van der Waals surface area contributed by atoms with Gasteiger partial charge in [-0.25, -0.2) is 0 Å². The molecule has 29 heavy (non-hydrogen) atoms. The third-order valence-electron chi connectivity index (χ3n) is 5.39. The SMILES string of the molecule is COc1ccccc1O[C@H](C)C(=O)N1CC[NH+](Cc2ccc3c(c2)OCO3)CC1. The van der Waals surface area contributed by atoms with E-state index >= 15 is 0 Å². The van der Waals surface area contributed by atoms with Crippen molar-refractivity contribution >= 4 is 5.91 Å². The molecule has 1 amide bonds. The molecule has 0 aromatic heterocycles. The van der Waals surface area contributed by atoms with Crippen LogP contribution in [0.5, 0.6) is 23.0 Å². The molecule has 2 aliphatic heterocycles. The molecule has 0 radical (unpaired) electrons. The second kappa shape index (κ2) is 8.61. The highest BCUT2D eigenvalue weighted by molar-refractivity contribution is 5.81. The molecule has 1 atom stereocenters. The van der Waals surface area contributed by atoms with Crippen LogP contribution in [0.15, 0.2) is 42.5 Å². The first-order valence-corrected chi connectivity index (χ1v) is 9.94. The Labute approximate surface area is 170 Å². The van der Waals surface area contributed by atoms with Gasteiger partial charge in [0.25, 0.3) is 5.91 Å². The number of fused-ring (bicyclic) bond motifs is 1. The number of ether oxygens (including phenoxy) is 4. The first-order valence-electron chi connectivity index (χ1n) is 9.94. The van der Waals surface area contributed by atoms with E-state index in [1.807, 2.05) is 35.2 Å². The molecule has 7 heteroatoms. The molecule has 0 saturated carbocycles. The molecule has 0 spiro atoms. The van der Waals surface area contributed by atoms with Gasteiger partial charge in [-0.1, -0.05) is 12.1 Å². The van der Waals surface area contributed by atoms with E-state index in [9.17, 15) is 4.79 Å². The molecule has 1 N–H and O–H groups in total. The van der Waals surface area contributed by atoms with Gasteiger partial charge in [0.05, 0.1) is 33.3 Å². The molecule has 154 valence electrons. The maximum absolute atomic E-state index is 12.8. The second-order valence-corrected chi connectivity index (χ2v) is 7.35. The second-order valence-electron chi connectivity index (χ2n) is 7.35. The Bertz CT molecular complexity index is 864. The fraction of sp³-hybridized carbons (Fsp3) is 0.409. The Morgan fingerprint density at radius 1 is 1.10 bits per heavy atom. The summed E-state index contributed by atoms with van der Waals surface area (Å²) in [7, 11) is 1.59. The highest BCUT2D eigenvalue weighted by Crippen LogP contribution is 2.32. The lowest BCUT2D eigenvalue weighted by molar-refractivity contribution is -0.917. The zero-order valence-corrected chi connectivity index (χ0v) is 16.8. The van der Waals surface area contributed by atoms with E-state index in [1.54, 1.807) is 14.0 Å². The Kier molecular flexibility index (Phi) is 5.76. The Balaban J connectivity index is 1.29. The highest BCUT2D eigenvalue weighted by atomic mass is 16.7. The van der Waals surface area contributed by atoms with Crippen molar-refractivity contribution in [1.29, 1.82) is 0 Å². The van der Waals surface area contributed by atoms with Crippen molar-refractivity contribution in [2.45, 2.75) is 19.6 Å². The van der Waals surface area contributed by atoms with Gasteiger partial charge in [-0.3, -0.25) is 4.79 Å². The molecule has 2 heterocycles. The first-order chi connectivity index (χ1) is 14.1. The molecule has 0 aliphatic carbocycles. The van der Waals surface area contributed by atoms with E-state index in [0.717, 1.165) is 44.2 Å². The number of para-hydroxylation sites is 2. The van der Waals surface area contributed by atoms with Crippen molar-refractivity contribution < 1.29 is 28.6 Å². The smallest absolute Gasteiger partial charge is 0.263 e. The highest BCUT2D eigenvalue weighted by Gasteiger charge is 2.28. The molecule has 0 bridgehead atoms. The summed E-state index contributed by atoms with van der Waals surface area (Å²) in [5.41, 5.74) is 1.22. The van der Waals surface area contributed by atoms with Crippen LogP contribution < -0.4 is 23.8 Å². The Hall–Kier alpha value is -2.93. The summed E-state index contributed by atoms with van der Waals surface area (Å²) in [5, 5.41) is 0. The zero-order chi connectivity index (χ0) is 20.2.